The van der Waals surface area contributed by atoms with Crippen molar-refractivity contribution < 1.29 is 14.3 Å². The van der Waals surface area contributed by atoms with Crippen LogP contribution in [0.25, 0.3) is 0 Å². The van der Waals surface area contributed by atoms with Crippen LogP contribution in [0, 0.1) is 0 Å². The largest absolute Gasteiger partial charge is 0.494 e. The van der Waals surface area contributed by atoms with Crippen molar-refractivity contribution in [3.63, 3.8) is 0 Å². The third-order valence-electron chi connectivity index (χ3n) is 4.69. The molecule has 0 aliphatic carbocycles. The molecule has 2 rings (SSSR count). The van der Waals surface area contributed by atoms with Gasteiger partial charge < -0.3 is 14.8 Å². The van der Waals surface area contributed by atoms with Gasteiger partial charge in [0.05, 0.1) is 26.4 Å². The minimum Gasteiger partial charge on any atom is -0.494 e. The van der Waals surface area contributed by atoms with Gasteiger partial charge in [-0.1, -0.05) is 12.1 Å². The average molecular weight is 364 g/mol. The van der Waals surface area contributed by atoms with Crippen LogP contribution in [-0.2, 0) is 16.1 Å². The number of morpholine rings is 1. The van der Waals surface area contributed by atoms with E-state index in [1.165, 1.54) is 0 Å². The average Bonchev–Trinajstić information content (AvgIpc) is 2.63. The lowest BCUT2D eigenvalue weighted by Gasteiger charge is -2.40. The molecule has 6 heteroatoms. The van der Waals surface area contributed by atoms with Crippen LogP contribution < -0.4 is 10.1 Å². The number of hydrogen-bond acceptors (Lipinski definition) is 5. The van der Waals surface area contributed by atoms with Gasteiger partial charge in [-0.2, -0.15) is 0 Å². The van der Waals surface area contributed by atoms with Crippen molar-refractivity contribution in [1.29, 1.82) is 0 Å². The fraction of sp³-hybridized carbons (Fsp3) is 0.650. The first-order chi connectivity index (χ1) is 12.4. The molecule has 0 spiro atoms. The zero-order chi connectivity index (χ0) is 19.0. The highest BCUT2D eigenvalue weighted by atomic mass is 16.5. The predicted molar refractivity (Wildman–Crippen MR) is 103 cm³/mol. The number of hydrogen-bond donors (Lipinski definition) is 1. The Morgan fingerprint density at radius 3 is 2.54 bits per heavy atom. The van der Waals surface area contributed by atoms with Crippen molar-refractivity contribution in [2.24, 2.45) is 0 Å². The monoisotopic (exact) mass is 363 g/mol. The maximum atomic E-state index is 12.3. The molecule has 26 heavy (non-hydrogen) atoms. The number of ether oxygens (including phenoxy) is 2. The standard InChI is InChI=1S/C20H33N3O3/c1-5-26-18-8-6-17(7-9-18)14-22(4)15-19(24)21-16-20(2,3)23-10-12-25-13-11-23/h6-9H,5,10-16H2,1-4H3,(H,21,24). The van der Waals surface area contributed by atoms with Gasteiger partial charge in [-0.3, -0.25) is 14.6 Å². The van der Waals surface area contributed by atoms with Gasteiger partial charge in [0, 0.05) is 31.7 Å². The van der Waals surface area contributed by atoms with Gasteiger partial charge in [-0.25, -0.2) is 0 Å². The highest BCUT2D eigenvalue weighted by Crippen LogP contribution is 2.15. The minimum atomic E-state index is -0.0624. The Morgan fingerprint density at radius 2 is 1.92 bits per heavy atom. The van der Waals surface area contributed by atoms with E-state index in [-0.39, 0.29) is 11.4 Å². The summed E-state index contributed by atoms with van der Waals surface area (Å²) in [6.45, 7) is 12.1. The van der Waals surface area contributed by atoms with E-state index in [0.717, 1.165) is 44.2 Å². The zero-order valence-electron chi connectivity index (χ0n) is 16.6. The molecule has 1 saturated heterocycles. The molecule has 146 valence electrons. The van der Waals surface area contributed by atoms with Crippen molar-refractivity contribution in [3.05, 3.63) is 29.8 Å². The molecule has 1 aromatic rings. The summed E-state index contributed by atoms with van der Waals surface area (Å²) in [4.78, 5) is 16.7. The fourth-order valence-corrected chi connectivity index (χ4v) is 3.12. The van der Waals surface area contributed by atoms with Gasteiger partial charge in [0.2, 0.25) is 5.91 Å². The lowest BCUT2D eigenvalue weighted by atomic mass is 10.0. The van der Waals surface area contributed by atoms with E-state index in [1.54, 1.807) is 0 Å². The summed E-state index contributed by atoms with van der Waals surface area (Å²) in [5, 5.41) is 3.08. The second-order valence-electron chi connectivity index (χ2n) is 7.44. The van der Waals surface area contributed by atoms with Crippen molar-refractivity contribution in [2.75, 3.05) is 53.0 Å². The van der Waals surface area contributed by atoms with Crippen LogP contribution in [0.3, 0.4) is 0 Å². The van der Waals surface area contributed by atoms with E-state index >= 15 is 0 Å². The summed E-state index contributed by atoms with van der Waals surface area (Å²) in [7, 11) is 1.96. The molecular formula is C20H33N3O3. The Labute approximate surface area is 157 Å². The van der Waals surface area contributed by atoms with Gasteiger partial charge >= 0.3 is 0 Å². The Morgan fingerprint density at radius 1 is 1.27 bits per heavy atom. The topological polar surface area (TPSA) is 54.0 Å². The Kier molecular flexibility index (Phi) is 7.87. The number of carbonyl (C=O) groups excluding carboxylic acids is 1. The third-order valence-corrected chi connectivity index (χ3v) is 4.69. The fourth-order valence-electron chi connectivity index (χ4n) is 3.12. The third kappa shape index (κ3) is 6.59. The van der Waals surface area contributed by atoms with Crippen LogP contribution in [0.5, 0.6) is 5.75 Å². The first-order valence-electron chi connectivity index (χ1n) is 9.40. The Hall–Kier alpha value is -1.63. The molecule has 0 unspecified atom stereocenters. The molecule has 1 N–H and O–H groups in total. The summed E-state index contributed by atoms with van der Waals surface area (Å²) in [5.41, 5.74) is 1.10. The summed E-state index contributed by atoms with van der Waals surface area (Å²) in [6, 6.07) is 8.02. The second-order valence-corrected chi connectivity index (χ2v) is 7.44. The Bertz CT molecular complexity index is 554. The van der Waals surface area contributed by atoms with Gasteiger partial charge in [0.1, 0.15) is 5.75 Å². The van der Waals surface area contributed by atoms with E-state index in [1.807, 2.05) is 43.1 Å². The molecule has 1 aliphatic heterocycles. The van der Waals surface area contributed by atoms with E-state index < -0.39 is 0 Å². The smallest absolute Gasteiger partial charge is 0.234 e. The number of amides is 1. The van der Waals surface area contributed by atoms with Crippen molar-refractivity contribution in [1.82, 2.24) is 15.1 Å². The normalized spacial score (nSPS) is 15.9. The van der Waals surface area contributed by atoms with E-state index in [4.69, 9.17) is 9.47 Å². The second kappa shape index (κ2) is 9.90. The first kappa shape index (κ1) is 20.7. The summed E-state index contributed by atoms with van der Waals surface area (Å²) < 4.78 is 10.9. The number of likely N-dealkylation sites (N-methyl/N-ethyl adjacent to an activating group) is 1. The summed E-state index contributed by atoms with van der Waals surface area (Å²) in [6.07, 6.45) is 0. The molecule has 0 atom stereocenters. The van der Waals surface area contributed by atoms with E-state index in [0.29, 0.717) is 19.7 Å². The highest BCUT2D eigenvalue weighted by molar-refractivity contribution is 5.78. The minimum absolute atomic E-state index is 0.0553. The molecule has 0 radical (unpaired) electrons. The lowest BCUT2D eigenvalue weighted by Crippen LogP contribution is -2.56. The van der Waals surface area contributed by atoms with Crippen LogP contribution in [0.1, 0.15) is 26.3 Å². The maximum Gasteiger partial charge on any atom is 0.234 e. The summed E-state index contributed by atoms with van der Waals surface area (Å²) >= 11 is 0. The predicted octanol–water partition coefficient (Wildman–Crippen LogP) is 1.74. The maximum absolute atomic E-state index is 12.3. The van der Waals surface area contributed by atoms with Gasteiger partial charge in [0.15, 0.2) is 0 Å². The van der Waals surface area contributed by atoms with Gasteiger partial charge in [0.25, 0.3) is 0 Å². The first-order valence-corrected chi connectivity index (χ1v) is 9.40. The SMILES string of the molecule is CCOc1ccc(CN(C)CC(=O)NCC(C)(C)N2CCOCC2)cc1. The Balaban J connectivity index is 1.74. The molecule has 6 nitrogen and oxygen atoms in total. The number of carbonyl (C=O) groups is 1. The highest BCUT2D eigenvalue weighted by Gasteiger charge is 2.28. The number of nitrogens with zero attached hydrogens (tertiary/aromatic N) is 2. The van der Waals surface area contributed by atoms with Crippen molar-refractivity contribution in [2.45, 2.75) is 32.9 Å². The van der Waals surface area contributed by atoms with Crippen molar-refractivity contribution in [3.8, 4) is 5.75 Å². The molecule has 1 aromatic carbocycles. The molecule has 1 fully saturated rings. The van der Waals surface area contributed by atoms with Gasteiger partial charge in [-0.15, -0.1) is 0 Å². The van der Waals surface area contributed by atoms with Crippen LogP contribution in [0.4, 0.5) is 0 Å². The summed E-state index contributed by atoms with van der Waals surface area (Å²) in [5.74, 6) is 0.932. The zero-order valence-corrected chi connectivity index (χ0v) is 16.6. The van der Waals surface area contributed by atoms with Crippen molar-refractivity contribution >= 4 is 5.91 Å². The molecule has 0 saturated carbocycles. The molecule has 0 bridgehead atoms. The van der Waals surface area contributed by atoms with Crippen LogP contribution in [-0.4, -0.2) is 74.3 Å². The number of benzene rings is 1. The molecular weight excluding hydrogens is 330 g/mol. The van der Waals surface area contributed by atoms with E-state index in [2.05, 4.69) is 24.1 Å². The molecule has 1 heterocycles. The van der Waals surface area contributed by atoms with Crippen LogP contribution in [0.15, 0.2) is 24.3 Å². The van der Waals surface area contributed by atoms with Gasteiger partial charge in [-0.05, 0) is 45.5 Å². The molecule has 1 aliphatic rings. The number of nitrogens with one attached hydrogen (secondary N) is 1. The quantitative estimate of drug-likeness (QED) is 0.724. The van der Waals surface area contributed by atoms with Crippen LogP contribution >= 0.6 is 0 Å². The lowest BCUT2D eigenvalue weighted by molar-refractivity contribution is -0.122. The molecule has 1 amide bonds. The van der Waals surface area contributed by atoms with E-state index in [9.17, 15) is 4.79 Å². The molecule has 0 aromatic heterocycles. The number of rotatable bonds is 9. The van der Waals surface area contributed by atoms with Crippen LogP contribution in [0.2, 0.25) is 0 Å².